The molecular formula is C24H25N7. The summed E-state index contributed by atoms with van der Waals surface area (Å²) in [5.74, 6) is 0.852. The fourth-order valence-corrected chi connectivity index (χ4v) is 4.21. The Bertz CT molecular complexity index is 1070. The van der Waals surface area contributed by atoms with Gasteiger partial charge in [0, 0.05) is 44.3 Å². The van der Waals surface area contributed by atoms with Crippen LogP contribution in [0.4, 0.5) is 5.69 Å². The second kappa shape index (κ2) is 9.06. The molecule has 1 aliphatic heterocycles. The van der Waals surface area contributed by atoms with Crippen molar-refractivity contribution in [2.75, 3.05) is 31.1 Å². The Balaban J connectivity index is 1.41. The Hall–Kier alpha value is -3.58. The van der Waals surface area contributed by atoms with Crippen LogP contribution in [0.25, 0.3) is 0 Å². The lowest BCUT2D eigenvalue weighted by molar-refractivity contribution is 0.201. The number of anilines is 1. The van der Waals surface area contributed by atoms with Crippen LogP contribution in [0.3, 0.4) is 0 Å². The highest BCUT2D eigenvalue weighted by Gasteiger charge is 2.30. The molecule has 4 aromatic rings. The van der Waals surface area contributed by atoms with Crippen LogP contribution in [0.1, 0.15) is 23.0 Å². The Labute approximate surface area is 182 Å². The molecule has 7 heteroatoms. The molecule has 0 bridgehead atoms. The molecule has 0 saturated carbocycles. The molecule has 0 spiro atoms. The minimum atomic E-state index is -0.0367. The average Bonchev–Trinajstić information content (AvgIpc) is 3.29. The number of para-hydroxylation sites is 1. The van der Waals surface area contributed by atoms with Crippen molar-refractivity contribution in [2.24, 2.45) is 0 Å². The zero-order chi connectivity index (χ0) is 20.9. The maximum Gasteiger partial charge on any atom is 0.173 e. The summed E-state index contributed by atoms with van der Waals surface area (Å²) in [6.07, 6.45) is 3.73. The fourth-order valence-electron chi connectivity index (χ4n) is 4.21. The van der Waals surface area contributed by atoms with Crippen molar-refractivity contribution in [3.63, 3.8) is 0 Å². The van der Waals surface area contributed by atoms with Crippen LogP contribution >= 0.6 is 0 Å². The van der Waals surface area contributed by atoms with Gasteiger partial charge in [0.2, 0.25) is 0 Å². The highest BCUT2D eigenvalue weighted by molar-refractivity contribution is 5.46. The molecule has 3 heterocycles. The van der Waals surface area contributed by atoms with Crippen LogP contribution in [-0.2, 0) is 6.54 Å². The summed E-state index contributed by atoms with van der Waals surface area (Å²) in [5, 5.41) is 12.8. The average molecular weight is 412 g/mol. The summed E-state index contributed by atoms with van der Waals surface area (Å²) in [4.78, 5) is 9.27. The van der Waals surface area contributed by atoms with E-state index in [1.807, 2.05) is 35.1 Å². The van der Waals surface area contributed by atoms with Gasteiger partial charge in [-0.05, 0) is 39.8 Å². The fraction of sp³-hybridized carbons (Fsp3) is 0.250. The number of benzene rings is 2. The quantitative estimate of drug-likeness (QED) is 0.486. The van der Waals surface area contributed by atoms with Gasteiger partial charge in [0.05, 0.1) is 12.6 Å². The molecule has 0 radical (unpaired) electrons. The second-order valence-electron chi connectivity index (χ2n) is 7.73. The molecule has 7 nitrogen and oxygen atoms in total. The standard InChI is InChI=1S/C24H25N7/c1-3-8-20(9-4-1)19-31-24(26-27-28-31)23(21-10-7-13-25-18-21)30-16-14-29(15-17-30)22-11-5-2-6-12-22/h1-13,18,23H,14-17,19H2/t23-/m1/s1. The lowest BCUT2D eigenvalue weighted by Gasteiger charge is -2.39. The Morgan fingerprint density at radius 3 is 2.26 bits per heavy atom. The van der Waals surface area contributed by atoms with Crippen molar-refractivity contribution in [1.82, 2.24) is 30.1 Å². The molecule has 1 atom stereocenters. The number of pyridine rings is 1. The number of nitrogens with zero attached hydrogens (tertiary/aromatic N) is 7. The highest BCUT2D eigenvalue weighted by Crippen LogP contribution is 2.29. The van der Waals surface area contributed by atoms with E-state index < -0.39 is 0 Å². The third-order valence-corrected chi connectivity index (χ3v) is 5.78. The van der Waals surface area contributed by atoms with Crippen LogP contribution in [0.5, 0.6) is 0 Å². The van der Waals surface area contributed by atoms with Crippen LogP contribution in [0.15, 0.2) is 85.2 Å². The van der Waals surface area contributed by atoms with E-state index in [-0.39, 0.29) is 6.04 Å². The summed E-state index contributed by atoms with van der Waals surface area (Å²) >= 11 is 0. The van der Waals surface area contributed by atoms with Crippen molar-refractivity contribution in [3.05, 3.63) is 102 Å². The number of piperazine rings is 1. The van der Waals surface area contributed by atoms with Gasteiger partial charge in [0.15, 0.2) is 5.82 Å². The third kappa shape index (κ3) is 4.32. The van der Waals surface area contributed by atoms with Crippen LogP contribution in [-0.4, -0.2) is 56.3 Å². The van der Waals surface area contributed by atoms with Gasteiger partial charge < -0.3 is 4.90 Å². The Kier molecular flexibility index (Phi) is 5.66. The number of aromatic nitrogens is 5. The summed E-state index contributed by atoms with van der Waals surface area (Å²) in [6.45, 7) is 4.41. The van der Waals surface area contributed by atoms with E-state index in [9.17, 15) is 0 Å². The summed E-state index contributed by atoms with van der Waals surface area (Å²) in [7, 11) is 0. The first-order chi connectivity index (χ1) is 15.4. The summed E-state index contributed by atoms with van der Waals surface area (Å²) in [5.41, 5.74) is 3.56. The van der Waals surface area contributed by atoms with Crippen LogP contribution < -0.4 is 4.90 Å². The van der Waals surface area contributed by atoms with Crippen molar-refractivity contribution in [1.29, 1.82) is 0 Å². The van der Waals surface area contributed by atoms with E-state index in [0.29, 0.717) is 6.54 Å². The number of rotatable bonds is 6. The molecule has 156 valence electrons. The molecule has 1 aliphatic rings. The molecular weight excluding hydrogens is 386 g/mol. The molecule has 5 rings (SSSR count). The van der Waals surface area contributed by atoms with Crippen molar-refractivity contribution in [3.8, 4) is 0 Å². The molecule has 2 aromatic heterocycles. The first kappa shape index (κ1) is 19.4. The zero-order valence-electron chi connectivity index (χ0n) is 17.3. The smallest absolute Gasteiger partial charge is 0.173 e. The lowest BCUT2D eigenvalue weighted by atomic mass is 10.0. The lowest BCUT2D eigenvalue weighted by Crippen LogP contribution is -2.48. The van der Waals surface area contributed by atoms with Gasteiger partial charge in [-0.1, -0.05) is 54.6 Å². The molecule has 0 aliphatic carbocycles. The number of tetrazole rings is 1. The normalized spacial score (nSPS) is 15.7. The van der Waals surface area contributed by atoms with Crippen LogP contribution in [0, 0.1) is 0 Å². The maximum absolute atomic E-state index is 4.46. The van der Waals surface area contributed by atoms with Gasteiger partial charge in [-0.3, -0.25) is 9.88 Å². The van der Waals surface area contributed by atoms with Gasteiger partial charge in [0.1, 0.15) is 0 Å². The van der Waals surface area contributed by atoms with E-state index in [1.54, 1.807) is 6.20 Å². The largest absolute Gasteiger partial charge is 0.369 e. The van der Waals surface area contributed by atoms with E-state index in [0.717, 1.165) is 37.6 Å². The molecule has 1 fully saturated rings. The van der Waals surface area contributed by atoms with E-state index in [4.69, 9.17) is 0 Å². The highest BCUT2D eigenvalue weighted by atomic mass is 15.6. The monoisotopic (exact) mass is 411 g/mol. The Morgan fingerprint density at radius 2 is 1.55 bits per heavy atom. The van der Waals surface area contributed by atoms with Crippen molar-refractivity contribution >= 4 is 5.69 Å². The van der Waals surface area contributed by atoms with Gasteiger partial charge >= 0.3 is 0 Å². The van der Waals surface area contributed by atoms with Gasteiger partial charge in [-0.2, -0.15) is 0 Å². The predicted molar refractivity (Wildman–Crippen MR) is 120 cm³/mol. The predicted octanol–water partition coefficient (Wildman–Crippen LogP) is 3.03. The van der Waals surface area contributed by atoms with Gasteiger partial charge in [0.25, 0.3) is 0 Å². The Morgan fingerprint density at radius 1 is 0.806 bits per heavy atom. The molecule has 31 heavy (non-hydrogen) atoms. The minimum Gasteiger partial charge on any atom is -0.369 e. The summed E-state index contributed by atoms with van der Waals surface area (Å²) in [6, 6.07) is 25.0. The van der Waals surface area contributed by atoms with Crippen molar-refractivity contribution in [2.45, 2.75) is 12.6 Å². The topological polar surface area (TPSA) is 63.0 Å². The first-order valence-electron chi connectivity index (χ1n) is 10.6. The summed E-state index contributed by atoms with van der Waals surface area (Å²) < 4.78 is 1.91. The molecule has 0 amide bonds. The van der Waals surface area contributed by atoms with E-state index >= 15 is 0 Å². The molecule has 1 saturated heterocycles. The minimum absolute atomic E-state index is 0.0367. The molecule has 0 unspecified atom stereocenters. The van der Waals surface area contributed by atoms with E-state index in [1.165, 1.54) is 11.3 Å². The first-order valence-corrected chi connectivity index (χ1v) is 10.6. The second-order valence-corrected chi connectivity index (χ2v) is 7.73. The third-order valence-electron chi connectivity index (χ3n) is 5.78. The van der Waals surface area contributed by atoms with Crippen LogP contribution in [0.2, 0.25) is 0 Å². The number of hydrogen-bond donors (Lipinski definition) is 0. The van der Waals surface area contributed by atoms with Crippen molar-refractivity contribution < 1.29 is 0 Å². The SMILES string of the molecule is c1ccc(Cn2nnnc2[C@@H](c2cccnc2)N2CCN(c3ccccc3)CC2)cc1. The number of hydrogen-bond acceptors (Lipinski definition) is 6. The van der Waals surface area contributed by atoms with Gasteiger partial charge in [-0.15, -0.1) is 5.10 Å². The molecule has 0 N–H and O–H groups in total. The van der Waals surface area contributed by atoms with E-state index in [2.05, 4.69) is 78.8 Å². The zero-order valence-corrected chi connectivity index (χ0v) is 17.3. The molecule has 2 aromatic carbocycles. The maximum atomic E-state index is 4.46. The van der Waals surface area contributed by atoms with Gasteiger partial charge in [-0.25, -0.2) is 4.68 Å².